The van der Waals surface area contributed by atoms with E-state index in [1.807, 2.05) is 0 Å². The highest BCUT2D eigenvalue weighted by molar-refractivity contribution is 8.27. The van der Waals surface area contributed by atoms with Crippen LogP contribution >= 0.6 is 11.8 Å². The fraction of sp³-hybridized carbons (Fsp3) is 0.600. The van der Waals surface area contributed by atoms with E-state index in [0.717, 1.165) is 6.92 Å². The summed E-state index contributed by atoms with van der Waals surface area (Å²) in [5.41, 5.74) is 0.378. The van der Waals surface area contributed by atoms with Crippen molar-refractivity contribution < 1.29 is 45.5 Å². The van der Waals surface area contributed by atoms with Gasteiger partial charge in [0.15, 0.2) is 22.0 Å². The van der Waals surface area contributed by atoms with Crippen LogP contribution in [-0.2, 0) is 48.5 Å². The molecule has 0 saturated carbocycles. The van der Waals surface area contributed by atoms with E-state index in [9.17, 15) is 36.0 Å². The van der Waals surface area contributed by atoms with E-state index in [1.54, 1.807) is 6.92 Å². The quantitative estimate of drug-likeness (QED) is 0.341. The van der Waals surface area contributed by atoms with Crippen LogP contribution in [0.5, 0.6) is 0 Å². The lowest BCUT2D eigenvalue weighted by Crippen LogP contribution is -2.48. The number of amides is 2. The SMILES string of the molecule is CCN(C(=O)CNC(=O)[C@H](C)OC(=O)[C@H](C)OC(C)=O)[C@H]1C=C(S(N)(=O)=O)SC2=C1C[C@H](C)S2(=O)=O. The zero-order valence-corrected chi connectivity index (χ0v) is 22.8. The Morgan fingerprint density at radius 2 is 1.83 bits per heavy atom. The Kier molecular flexibility index (Phi) is 9.36. The van der Waals surface area contributed by atoms with E-state index in [-0.39, 0.29) is 21.4 Å². The van der Waals surface area contributed by atoms with Gasteiger partial charge >= 0.3 is 11.9 Å². The van der Waals surface area contributed by atoms with Crippen LogP contribution in [-0.4, -0.2) is 82.1 Å². The largest absolute Gasteiger partial charge is 0.451 e. The average Bonchev–Trinajstić information content (AvgIpc) is 2.99. The van der Waals surface area contributed by atoms with Crippen molar-refractivity contribution in [3.8, 4) is 0 Å². The van der Waals surface area contributed by atoms with Gasteiger partial charge < -0.3 is 19.7 Å². The number of nitrogens with one attached hydrogen (secondary N) is 1. The van der Waals surface area contributed by atoms with E-state index >= 15 is 0 Å². The summed E-state index contributed by atoms with van der Waals surface area (Å²) in [7, 11) is -8.05. The van der Waals surface area contributed by atoms with E-state index in [0.29, 0.717) is 17.3 Å². The van der Waals surface area contributed by atoms with E-state index < -0.39 is 73.7 Å². The normalized spacial score (nSPS) is 22.6. The molecule has 2 amide bonds. The molecule has 3 N–H and O–H groups in total. The molecule has 0 fully saturated rings. The number of esters is 2. The number of hydrogen-bond acceptors (Lipinski definition) is 11. The molecule has 0 aromatic rings. The first kappa shape index (κ1) is 29.8. The first-order chi connectivity index (χ1) is 16.5. The number of likely N-dealkylation sites (N-methyl/N-ethyl adjacent to an activating group) is 1. The predicted octanol–water partition coefficient (Wildman–Crippen LogP) is -0.502. The number of rotatable bonds is 9. The van der Waals surface area contributed by atoms with Crippen molar-refractivity contribution in [1.29, 1.82) is 0 Å². The Bertz CT molecular complexity index is 1220. The molecule has 2 heterocycles. The summed E-state index contributed by atoms with van der Waals surface area (Å²) in [6.07, 6.45) is -1.20. The van der Waals surface area contributed by atoms with Gasteiger partial charge in [0.1, 0.15) is 8.47 Å². The molecule has 0 aromatic heterocycles. The lowest BCUT2D eigenvalue weighted by atomic mass is 10.0. The molecule has 0 radical (unpaired) electrons. The van der Waals surface area contributed by atoms with Crippen LogP contribution in [0, 0.1) is 0 Å². The molecule has 2 rings (SSSR count). The van der Waals surface area contributed by atoms with Crippen molar-refractivity contribution in [2.75, 3.05) is 13.1 Å². The smallest absolute Gasteiger partial charge is 0.347 e. The van der Waals surface area contributed by atoms with Crippen molar-refractivity contribution in [3.63, 3.8) is 0 Å². The van der Waals surface area contributed by atoms with Crippen LogP contribution in [0.3, 0.4) is 0 Å². The number of nitrogens with two attached hydrogens (primary N) is 1. The van der Waals surface area contributed by atoms with E-state index in [2.05, 4.69) is 10.1 Å². The molecule has 16 heteroatoms. The van der Waals surface area contributed by atoms with Crippen LogP contribution in [0.1, 0.15) is 41.0 Å². The zero-order chi connectivity index (χ0) is 27.6. The number of carbonyl (C=O) groups is 4. The van der Waals surface area contributed by atoms with Crippen LogP contribution in [0.25, 0.3) is 0 Å². The maximum absolute atomic E-state index is 13.0. The van der Waals surface area contributed by atoms with Crippen molar-refractivity contribution in [2.45, 2.75) is 64.5 Å². The van der Waals surface area contributed by atoms with Crippen molar-refractivity contribution in [1.82, 2.24) is 10.2 Å². The van der Waals surface area contributed by atoms with E-state index in [4.69, 9.17) is 9.88 Å². The van der Waals surface area contributed by atoms with Gasteiger partial charge in [-0.05, 0) is 45.8 Å². The van der Waals surface area contributed by atoms with Gasteiger partial charge in [-0.2, -0.15) is 0 Å². The summed E-state index contributed by atoms with van der Waals surface area (Å²) >= 11 is 0.549. The minimum atomic E-state index is -4.26. The molecule has 4 atom stereocenters. The van der Waals surface area contributed by atoms with E-state index in [1.165, 1.54) is 31.7 Å². The van der Waals surface area contributed by atoms with Crippen LogP contribution in [0.2, 0.25) is 0 Å². The number of ether oxygens (including phenoxy) is 2. The third-order valence-corrected chi connectivity index (χ3v) is 10.8. The van der Waals surface area contributed by atoms with Gasteiger partial charge in [0, 0.05) is 13.5 Å². The molecule has 0 spiro atoms. The molecule has 2 aliphatic rings. The first-order valence-corrected chi connectivity index (χ1v) is 14.8. The summed E-state index contributed by atoms with van der Waals surface area (Å²) < 4.78 is 58.6. The molecule has 0 aromatic carbocycles. The number of primary sulfonamides is 1. The molecular formula is C20H29N3O10S3. The molecule has 0 unspecified atom stereocenters. The summed E-state index contributed by atoms with van der Waals surface area (Å²) in [4.78, 5) is 49.4. The maximum Gasteiger partial charge on any atom is 0.347 e. The Morgan fingerprint density at radius 3 is 2.36 bits per heavy atom. The summed E-state index contributed by atoms with van der Waals surface area (Å²) in [6, 6.07) is -0.997. The molecule has 13 nitrogen and oxygen atoms in total. The van der Waals surface area contributed by atoms with Gasteiger partial charge in [0.25, 0.3) is 5.91 Å². The molecule has 2 aliphatic heterocycles. The van der Waals surface area contributed by atoms with Crippen LogP contribution in [0.15, 0.2) is 20.1 Å². The van der Waals surface area contributed by atoms with Gasteiger partial charge in [-0.25, -0.2) is 26.8 Å². The van der Waals surface area contributed by atoms with Gasteiger partial charge in [0.2, 0.25) is 15.9 Å². The third kappa shape index (κ3) is 6.66. The molecule has 202 valence electrons. The fourth-order valence-electron chi connectivity index (χ4n) is 3.58. The van der Waals surface area contributed by atoms with Crippen LogP contribution in [0.4, 0.5) is 0 Å². The Balaban J connectivity index is 2.17. The van der Waals surface area contributed by atoms with Gasteiger partial charge in [-0.15, -0.1) is 0 Å². The fourth-order valence-corrected chi connectivity index (χ4v) is 8.04. The summed E-state index contributed by atoms with van der Waals surface area (Å²) in [5, 5.41) is 6.78. The number of thioether (sulfide) groups is 1. The monoisotopic (exact) mass is 567 g/mol. The first-order valence-electron chi connectivity index (χ1n) is 10.8. The lowest BCUT2D eigenvalue weighted by molar-refractivity contribution is -0.170. The minimum absolute atomic E-state index is 0.0636. The highest BCUT2D eigenvalue weighted by atomic mass is 32.3. The zero-order valence-electron chi connectivity index (χ0n) is 20.3. The second-order valence-corrected chi connectivity index (χ2v) is 13.6. The minimum Gasteiger partial charge on any atom is -0.451 e. The number of hydrogen-bond donors (Lipinski definition) is 2. The highest BCUT2D eigenvalue weighted by Crippen LogP contribution is 2.48. The topological polar surface area (TPSA) is 196 Å². The molecule has 0 saturated heterocycles. The Labute approximate surface area is 213 Å². The standard InChI is InChI=1S/C20H29N3O10S3/c1-6-23(16(25)9-22-18(26)11(3)33-19(27)12(4)32-13(5)24)15-8-17(36(21,30)31)34-20-14(15)7-10(2)35(20,28)29/h8,10-12,15H,6-7,9H2,1-5H3,(H,22,26)(H2,21,30,31)/t10-,11-,12-,15-/m0/s1. The summed E-state index contributed by atoms with van der Waals surface area (Å²) in [5.74, 6) is -3.10. The third-order valence-electron chi connectivity index (χ3n) is 5.43. The number of nitrogens with zero attached hydrogens (tertiary/aromatic N) is 1. The number of sulfonamides is 1. The number of carbonyl (C=O) groups excluding carboxylic acids is 4. The summed E-state index contributed by atoms with van der Waals surface area (Å²) in [6.45, 7) is 6.27. The number of sulfone groups is 1. The average molecular weight is 568 g/mol. The molecule has 0 aliphatic carbocycles. The second kappa shape index (κ2) is 11.3. The maximum atomic E-state index is 13.0. The molecular weight excluding hydrogens is 538 g/mol. The predicted molar refractivity (Wildman–Crippen MR) is 130 cm³/mol. The van der Waals surface area contributed by atoms with Crippen molar-refractivity contribution in [2.24, 2.45) is 5.14 Å². The lowest BCUT2D eigenvalue weighted by Gasteiger charge is -2.33. The van der Waals surface area contributed by atoms with Crippen molar-refractivity contribution >= 4 is 55.4 Å². The van der Waals surface area contributed by atoms with Gasteiger partial charge in [-0.1, -0.05) is 11.8 Å². The van der Waals surface area contributed by atoms with Crippen molar-refractivity contribution in [3.05, 3.63) is 20.1 Å². The Morgan fingerprint density at radius 1 is 1.22 bits per heavy atom. The molecule has 0 bridgehead atoms. The van der Waals surface area contributed by atoms with Crippen LogP contribution < -0.4 is 10.5 Å². The van der Waals surface area contributed by atoms with Gasteiger partial charge in [0.05, 0.1) is 17.8 Å². The molecule has 36 heavy (non-hydrogen) atoms. The highest BCUT2D eigenvalue weighted by Gasteiger charge is 2.45. The Hall–Kier alpha value is -2.43. The second-order valence-electron chi connectivity index (χ2n) is 8.18. The van der Waals surface area contributed by atoms with Gasteiger partial charge in [-0.3, -0.25) is 14.4 Å².